The summed E-state index contributed by atoms with van der Waals surface area (Å²) in [6.07, 6.45) is -3.70. The highest BCUT2D eigenvalue weighted by molar-refractivity contribution is 8.00. The first kappa shape index (κ1) is 20.1. The third-order valence-corrected chi connectivity index (χ3v) is 3.45. The molecular weight excluding hydrogens is 325 g/mol. The highest BCUT2D eigenvalue weighted by atomic mass is 35.5. The number of hydrogen-bond donors (Lipinski definition) is 2. The molecular formula is C13H18ClF3N2OS. The Morgan fingerprint density at radius 2 is 2.10 bits per heavy atom. The lowest BCUT2D eigenvalue weighted by Crippen LogP contribution is -2.30. The van der Waals surface area contributed by atoms with Gasteiger partial charge in [0.15, 0.2) is 0 Å². The number of hydrogen-bond acceptors (Lipinski definition) is 3. The van der Waals surface area contributed by atoms with Crippen LogP contribution in [0.1, 0.15) is 18.9 Å². The molecule has 0 radical (unpaired) electrons. The van der Waals surface area contributed by atoms with Crippen LogP contribution in [0.15, 0.2) is 29.2 Å². The van der Waals surface area contributed by atoms with Crippen LogP contribution in [0.3, 0.4) is 0 Å². The molecule has 3 N–H and O–H groups in total. The van der Waals surface area contributed by atoms with Crippen molar-refractivity contribution in [3.8, 4) is 0 Å². The summed E-state index contributed by atoms with van der Waals surface area (Å²) in [5, 5.41) is 2.67. The summed E-state index contributed by atoms with van der Waals surface area (Å²) in [5.41, 5.74) is 4.83. The van der Waals surface area contributed by atoms with Gasteiger partial charge < -0.3 is 11.1 Å². The van der Waals surface area contributed by atoms with Crippen LogP contribution in [-0.2, 0) is 11.0 Å². The minimum atomic E-state index is -4.36. The van der Waals surface area contributed by atoms with Crippen molar-refractivity contribution in [2.75, 3.05) is 12.3 Å². The van der Waals surface area contributed by atoms with E-state index in [4.69, 9.17) is 5.73 Å². The number of rotatable bonds is 6. The molecule has 0 aliphatic heterocycles. The Labute approximate surface area is 132 Å². The van der Waals surface area contributed by atoms with E-state index in [-0.39, 0.29) is 30.1 Å². The molecule has 1 aromatic carbocycles. The predicted molar refractivity (Wildman–Crippen MR) is 80.7 cm³/mol. The number of nitrogens with one attached hydrogen (secondary N) is 1. The fourth-order valence-corrected chi connectivity index (χ4v) is 2.19. The average molecular weight is 343 g/mol. The number of amides is 1. The van der Waals surface area contributed by atoms with Crippen molar-refractivity contribution >= 4 is 30.1 Å². The summed E-state index contributed by atoms with van der Waals surface area (Å²) in [4.78, 5) is 11.9. The van der Waals surface area contributed by atoms with E-state index in [0.29, 0.717) is 17.9 Å². The molecule has 0 bridgehead atoms. The molecule has 3 nitrogen and oxygen atoms in total. The van der Waals surface area contributed by atoms with Crippen LogP contribution in [-0.4, -0.2) is 24.2 Å². The molecule has 0 heterocycles. The molecule has 0 saturated carbocycles. The highest BCUT2D eigenvalue weighted by Gasteiger charge is 2.30. The van der Waals surface area contributed by atoms with E-state index in [1.807, 2.05) is 6.92 Å². The number of nitrogens with two attached hydrogens (primary N) is 1. The van der Waals surface area contributed by atoms with Gasteiger partial charge in [-0.3, -0.25) is 4.79 Å². The number of alkyl halides is 3. The molecule has 0 aliphatic carbocycles. The number of carbonyl (C=O) groups excluding carboxylic acids is 1. The fourth-order valence-electron chi connectivity index (χ4n) is 1.40. The second-order valence-electron chi connectivity index (χ2n) is 4.43. The van der Waals surface area contributed by atoms with Gasteiger partial charge in [0.25, 0.3) is 0 Å². The van der Waals surface area contributed by atoms with Crippen LogP contribution in [0.5, 0.6) is 0 Å². The van der Waals surface area contributed by atoms with Crippen molar-refractivity contribution in [2.45, 2.75) is 30.5 Å². The van der Waals surface area contributed by atoms with Gasteiger partial charge in [0.05, 0.1) is 11.3 Å². The smallest absolute Gasteiger partial charge is 0.355 e. The molecule has 1 aromatic rings. The minimum absolute atomic E-state index is 0. The van der Waals surface area contributed by atoms with E-state index in [9.17, 15) is 18.0 Å². The van der Waals surface area contributed by atoms with Gasteiger partial charge >= 0.3 is 6.18 Å². The SMILES string of the molecule is CC(N)CCNC(=O)CSc1cccc(C(F)(F)F)c1.Cl. The van der Waals surface area contributed by atoms with Crippen LogP contribution < -0.4 is 11.1 Å². The Bertz CT molecular complexity index is 455. The van der Waals surface area contributed by atoms with Crippen LogP contribution >= 0.6 is 24.2 Å². The lowest BCUT2D eigenvalue weighted by atomic mass is 10.2. The number of benzene rings is 1. The Balaban J connectivity index is 0.00000400. The summed E-state index contributed by atoms with van der Waals surface area (Å²) in [7, 11) is 0. The molecule has 0 aromatic heterocycles. The maximum Gasteiger partial charge on any atom is 0.416 e. The van der Waals surface area contributed by atoms with E-state index in [1.165, 1.54) is 6.07 Å². The molecule has 1 rings (SSSR count). The zero-order valence-corrected chi connectivity index (χ0v) is 13.1. The van der Waals surface area contributed by atoms with Gasteiger partial charge in [0.1, 0.15) is 0 Å². The quantitative estimate of drug-likeness (QED) is 0.781. The van der Waals surface area contributed by atoms with Crippen LogP contribution in [0.2, 0.25) is 0 Å². The molecule has 0 aliphatic rings. The Morgan fingerprint density at radius 1 is 1.43 bits per heavy atom. The first-order valence-electron chi connectivity index (χ1n) is 6.11. The minimum Gasteiger partial charge on any atom is -0.355 e. The summed E-state index contributed by atoms with van der Waals surface area (Å²) in [5.74, 6) is -0.131. The van der Waals surface area contributed by atoms with Gasteiger partial charge in [-0.1, -0.05) is 6.07 Å². The van der Waals surface area contributed by atoms with Gasteiger partial charge in [-0.25, -0.2) is 0 Å². The van der Waals surface area contributed by atoms with E-state index < -0.39 is 11.7 Å². The standard InChI is InChI=1S/C13H17F3N2OS.ClH/c1-9(17)5-6-18-12(19)8-20-11-4-2-3-10(7-11)13(14,15)16;/h2-4,7,9H,5-6,8,17H2,1H3,(H,18,19);1H. The van der Waals surface area contributed by atoms with Crippen molar-refractivity contribution in [3.63, 3.8) is 0 Å². The summed E-state index contributed by atoms with van der Waals surface area (Å²) < 4.78 is 37.5. The largest absolute Gasteiger partial charge is 0.416 e. The zero-order chi connectivity index (χ0) is 15.2. The monoisotopic (exact) mass is 342 g/mol. The maximum atomic E-state index is 12.5. The fraction of sp³-hybridized carbons (Fsp3) is 0.462. The first-order chi connectivity index (χ1) is 9.29. The normalized spacial score (nSPS) is 12.4. The Hall–Kier alpha value is -0.920. The van der Waals surface area contributed by atoms with Crippen molar-refractivity contribution in [2.24, 2.45) is 5.73 Å². The molecule has 21 heavy (non-hydrogen) atoms. The van der Waals surface area contributed by atoms with E-state index in [1.54, 1.807) is 6.07 Å². The molecule has 0 spiro atoms. The third kappa shape index (κ3) is 8.18. The summed E-state index contributed by atoms with van der Waals surface area (Å²) >= 11 is 1.07. The van der Waals surface area contributed by atoms with E-state index in [2.05, 4.69) is 5.32 Å². The van der Waals surface area contributed by atoms with Crippen molar-refractivity contribution in [1.29, 1.82) is 0 Å². The second kappa shape index (κ2) is 9.17. The lowest BCUT2D eigenvalue weighted by molar-refractivity contribution is -0.137. The number of thioether (sulfide) groups is 1. The summed E-state index contributed by atoms with van der Waals surface area (Å²) in [6.45, 7) is 2.31. The highest BCUT2D eigenvalue weighted by Crippen LogP contribution is 2.31. The van der Waals surface area contributed by atoms with Crippen molar-refractivity contribution in [1.82, 2.24) is 5.32 Å². The average Bonchev–Trinajstić information content (AvgIpc) is 2.35. The third-order valence-electron chi connectivity index (χ3n) is 2.45. The molecule has 0 fully saturated rings. The van der Waals surface area contributed by atoms with Crippen LogP contribution in [0, 0.1) is 0 Å². The molecule has 1 atom stereocenters. The van der Waals surface area contributed by atoms with Crippen molar-refractivity contribution < 1.29 is 18.0 Å². The molecule has 8 heteroatoms. The second-order valence-corrected chi connectivity index (χ2v) is 5.48. The van der Waals surface area contributed by atoms with Gasteiger partial charge in [0, 0.05) is 17.5 Å². The zero-order valence-electron chi connectivity index (χ0n) is 11.4. The molecule has 0 saturated heterocycles. The van der Waals surface area contributed by atoms with E-state index in [0.717, 1.165) is 23.9 Å². The van der Waals surface area contributed by atoms with Gasteiger partial charge in [-0.15, -0.1) is 24.2 Å². The maximum absolute atomic E-state index is 12.5. The van der Waals surface area contributed by atoms with E-state index >= 15 is 0 Å². The molecule has 1 unspecified atom stereocenters. The summed E-state index contributed by atoms with van der Waals surface area (Å²) in [6, 6.07) is 4.94. The first-order valence-corrected chi connectivity index (χ1v) is 7.10. The predicted octanol–water partition coefficient (Wildman–Crippen LogP) is 3.07. The van der Waals surface area contributed by atoms with Crippen molar-refractivity contribution in [3.05, 3.63) is 29.8 Å². The molecule has 1 amide bonds. The van der Waals surface area contributed by atoms with Gasteiger partial charge in [-0.05, 0) is 31.5 Å². The van der Waals surface area contributed by atoms with Gasteiger partial charge in [0.2, 0.25) is 5.91 Å². The number of carbonyl (C=O) groups is 1. The number of halogens is 4. The van der Waals surface area contributed by atoms with Crippen LogP contribution in [0.25, 0.3) is 0 Å². The Kier molecular flexibility index (Phi) is 8.77. The van der Waals surface area contributed by atoms with Crippen LogP contribution in [0.4, 0.5) is 13.2 Å². The topological polar surface area (TPSA) is 55.1 Å². The molecule has 120 valence electrons. The van der Waals surface area contributed by atoms with Gasteiger partial charge in [-0.2, -0.15) is 13.2 Å². The lowest BCUT2D eigenvalue weighted by Gasteiger charge is -2.09. The Morgan fingerprint density at radius 3 is 2.67 bits per heavy atom.